The average molecular weight is 1220 g/mol. The van der Waals surface area contributed by atoms with Gasteiger partial charge in [-0.3, -0.25) is 47.9 Å². The Labute approximate surface area is 518 Å². The summed E-state index contributed by atoms with van der Waals surface area (Å²) in [5.74, 6) is -9.91. The van der Waals surface area contributed by atoms with Gasteiger partial charge in [-0.25, -0.2) is 4.79 Å². The van der Waals surface area contributed by atoms with Crippen LogP contribution in [-0.4, -0.2) is 246 Å². The number of rotatable bonds is 12. The van der Waals surface area contributed by atoms with Crippen molar-refractivity contribution in [2.45, 2.75) is 202 Å². The van der Waals surface area contributed by atoms with Gasteiger partial charge in [-0.2, -0.15) is 0 Å². The molecule has 0 saturated carbocycles. The van der Waals surface area contributed by atoms with Crippen molar-refractivity contribution in [1.29, 1.82) is 0 Å². The fourth-order valence-electron chi connectivity index (χ4n) is 11.9. The fraction of sp³-hybridized carbons (Fsp3) is 0.734. The first-order valence-corrected chi connectivity index (χ1v) is 30.8. The molecule has 0 N–H and O–H groups in total. The highest BCUT2D eigenvalue weighted by Crippen LogP contribution is 2.29. The number of amides is 9. The number of cyclic esters (lactones) is 1. The van der Waals surface area contributed by atoms with E-state index in [4.69, 9.17) is 14.2 Å². The number of hydrogen-bond acceptors (Lipinski definition) is 14. The van der Waals surface area contributed by atoms with Crippen LogP contribution in [0.25, 0.3) is 0 Å². The Kier molecular flexibility index (Phi) is 27.3. The van der Waals surface area contributed by atoms with E-state index in [1.54, 1.807) is 100 Å². The summed E-state index contributed by atoms with van der Waals surface area (Å²) >= 11 is 0. The fourth-order valence-corrected chi connectivity index (χ4v) is 11.9. The number of esters is 2. The zero-order valence-electron chi connectivity index (χ0n) is 56.5. The molecule has 3 rings (SSSR count). The number of methoxy groups -OCH3 is 1. The van der Waals surface area contributed by atoms with Gasteiger partial charge in [0.15, 0.2) is 6.10 Å². The van der Waals surface area contributed by atoms with E-state index in [-0.39, 0.29) is 19.4 Å². The molecule has 490 valence electrons. The van der Waals surface area contributed by atoms with Crippen molar-refractivity contribution in [2.75, 3.05) is 76.6 Å². The minimum absolute atomic E-state index is 0.0856. The van der Waals surface area contributed by atoms with E-state index in [1.807, 2.05) is 13.8 Å². The van der Waals surface area contributed by atoms with E-state index >= 15 is 19.2 Å². The first-order chi connectivity index (χ1) is 40.3. The third-order valence-corrected chi connectivity index (χ3v) is 17.4. The normalized spacial score (nSPS) is 26.1. The maximum Gasteiger partial charge on any atom is 0.329 e. The van der Waals surface area contributed by atoms with Crippen molar-refractivity contribution >= 4 is 65.1 Å². The Morgan fingerprint density at radius 1 is 0.552 bits per heavy atom. The van der Waals surface area contributed by atoms with E-state index in [0.29, 0.717) is 37.0 Å². The molecule has 0 spiro atoms. The van der Waals surface area contributed by atoms with Gasteiger partial charge >= 0.3 is 11.9 Å². The van der Waals surface area contributed by atoms with Gasteiger partial charge in [-0.05, 0) is 94.2 Å². The van der Waals surface area contributed by atoms with Gasteiger partial charge in [0.1, 0.15) is 59.7 Å². The molecular formula is C64H105N9O14. The number of fused-ring (bicyclic) bond motifs is 1. The average Bonchev–Trinajstić information content (AvgIpc) is 1.57. The van der Waals surface area contributed by atoms with Gasteiger partial charge in [0.05, 0.1) is 20.1 Å². The molecule has 1 aromatic carbocycles. The highest BCUT2D eigenvalue weighted by atomic mass is 16.6. The van der Waals surface area contributed by atoms with E-state index in [9.17, 15) is 33.6 Å². The standard InChI is InChI=1S/C64H105N9O14/c1-24-40(9)53-58(79)65(15)36-48(74)68(18)50(37(3)4)59(80)67(17)47(34-43-29-31-44(85-23)32-30-43)63(84)86-42(11)55(76)73-33-27-26-28-45(73)56(77)69(19)52(39(7)8)61(82)70(20)51(38(5)6)60(81)66(16)46(35-49(75)87-64(12,13)14)57(78)71(21)54(41(10)25-2)62(83)72(53)22/h29-32,37-42,45-47,50-54H,24-28,33-36H2,1-23H3/t40-,41+,42-,45+,46-,47+,50+,51+,52+,53+,54+/m1/s1. The molecule has 2 fully saturated rings. The van der Waals surface area contributed by atoms with Gasteiger partial charge in [0, 0.05) is 69.3 Å². The highest BCUT2D eigenvalue weighted by Gasteiger charge is 2.48. The van der Waals surface area contributed by atoms with Gasteiger partial charge < -0.3 is 58.3 Å². The van der Waals surface area contributed by atoms with Crippen LogP contribution in [0.1, 0.15) is 141 Å². The number of piperidine rings is 1. The molecule has 23 heteroatoms. The first-order valence-electron chi connectivity index (χ1n) is 30.8. The highest BCUT2D eigenvalue weighted by molar-refractivity contribution is 5.99. The maximum absolute atomic E-state index is 15.4. The van der Waals surface area contributed by atoms with Crippen LogP contribution in [0.5, 0.6) is 5.75 Å². The van der Waals surface area contributed by atoms with Crippen LogP contribution in [0.3, 0.4) is 0 Å². The number of hydrogen-bond donors (Lipinski definition) is 0. The number of carbonyl (C=O) groups is 11. The second-order valence-electron chi connectivity index (χ2n) is 26.1. The molecule has 23 nitrogen and oxygen atoms in total. The van der Waals surface area contributed by atoms with E-state index in [0.717, 1.165) is 4.90 Å². The van der Waals surface area contributed by atoms with Crippen LogP contribution in [-0.2, 0) is 68.6 Å². The Bertz CT molecular complexity index is 2610. The van der Waals surface area contributed by atoms with Gasteiger partial charge in [-0.15, -0.1) is 0 Å². The lowest BCUT2D eigenvalue weighted by atomic mass is 9.92. The summed E-state index contributed by atoms with van der Waals surface area (Å²) in [4.78, 5) is 175. The van der Waals surface area contributed by atoms with Crippen LogP contribution >= 0.6 is 0 Å². The molecule has 87 heavy (non-hydrogen) atoms. The predicted octanol–water partition coefficient (Wildman–Crippen LogP) is 4.60. The van der Waals surface area contributed by atoms with Gasteiger partial charge in [0.2, 0.25) is 47.3 Å². The third kappa shape index (κ3) is 18.2. The van der Waals surface area contributed by atoms with Crippen molar-refractivity contribution in [3.63, 3.8) is 0 Å². The Balaban J connectivity index is 2.40. The number of ether oxygens (including phenoxy) is 3. The van der Waals surface area contributed by atoms with Gasteiger partial charge in [0.25, 0.3) is 5.91 Å². The lowest BCUT2D eigenvalue weighted by Gasteiger charge is -2.43. The van der Waals surface area contributed by atoms with Crippen molar-refractivity contribution in [3.05, 3.63) is 29.8 Å². The van der Waals surface area contributed by atoms with E-state index in [2.05, 4.69) is 0 Å². The second kappa shape index (κ2) is 31.9. The molecule has 2 aliphatic rings. The van der Waals surface area contributed by atoms with E-state index in [1.165, 1.54) is 110 Å². The van der Waals surface area contributed by atoms with Crippen molar-refractivity contribution in [1.82, 2.24) is 44.1 Å². The third-order valence-electron chi connectivity index (χ3n) is 17.4. The summed E-state index contributed by atoms with van der Waals surface area (Å²) in [5.41, 5.74) is -0.395. The van der Waals surface area contributed by atoms with Gasteiger partial charge in [-0.1, -0.05) is 94.2 Å². The van der Waals surface area contributed by atoms with Crippen LogP contribution in [0.15, 0.2) is 24.3 Å². The summed E-state index contributed by atoms with van der Waals surface area (Å²) in [6, 6.07) is -3.32. The second-order valence-corrected chi connectivity index (χ2v) is 26.1. The lowest BCUT2D eigenvalue weighted by Crippen LogP contribution is -2.63. The molecule has 0 radical (unpaired) electrons. The lowest BCUT2D eigenvalue weighted by molar-refractivity contribution is -0.169. The summed E-state index contributed by atoms with van der Waals surface area (Å²) in [6.07, 6.45) is -0.144. The minimum atomic E-state index is -1.59. The molecule has 2 aliphatic heterocycles. The van der Waals surface area contributed by atoms with Crippen LogP contribution in [0.4, 0.5) is 0 Å². The molecular weight excluding hydrogens is 1120 g/mol. The molecule has 0 aliphatic carbocycles. The summed E-state index contributed by atoms with van der Waals surface area (Å²) in [6.45, 7) is 23.6. The SMILES string of the molecule is CC[C@@H](C)[C@H]1C(=O)N(C)CC(=O)N(C)[C@@H](C(C)C)C(=O)N(C)[C@@H](Cc2ccc(OC)cc2)C(=O)O[C@H](C)C(=O)N2CCCC[C@H]2C(=O)N(C)[C@@H](C(C)C)C(=O)N(C)[C@@H](C(C)C)C(=O)N(C)[C@H](CC(=O)OC(C)(C)C)C(=O)N(C)[C@@H]([C@@H](C)CC)C(=O)N1C. The van der Waals surface area contributed by atoms with Crippen LogP contribution < -0.4 is 4.74 Å². The predicted molar refractivity (Wildman–Crippen MR) is 329 cm³/mol. The molecule has 0 bridgehead atoms. The molecule has 9 amide bonds. The largest absolute Gasteiger partial charge is 0.497 e. The molecule has 0 unspecified atom stereocenters. The Morgan fingerprint density at radius 2 is 0.977 bits per heavy atom. The molecule has 0 aromatic heterocycles. The minimum Gasteiger partial charge on any atom is -0.497 e. The smallest absolute Gasteiger partial charge is 0.329 e. The summed E-state index contributed by atoms with van der Waals surface area (Å²) in [5, 5.41) is 0. The summed E-state index contributed by atoms with van der Waals surface area (Å²) < 4.78 is 17.1. The number of benzene rings is 1. The number of nitrogens with zero attached hydrogens (tertiary/aromatic N) is 9. The molecule has 2 saturated heterocycles. The molecule has 1 aromatic rings. The monoisotopic (exact) mass is 1220 g/mol. The maximum atomic E-state index is 15.4. The van der Waals surface area contributed by atoms with Crippen LogP contribution in [0, 0.1) is 29.6 Å². The van der Waals surface area contributed by atoms with Crippen molar-refractivity contribution < 1.29 is 67.0 Å². The first kappa shape index (κ1) is 74.4. The van der Waals surface area contributed by atoms with Crippen molar-refractivity contribution in [2.24, 2.45) is 29.6 Å². The molecule has 11 atom stereocenters. The Morgan fingerprint density at radius 3 is 1.45 bits per heavy atom. The topological polar surface area (TPSA) is 245 Å². The van der Waals surface area contributed by atoms with Crippen molar-refractivity contribution in [3.8, 4) is 5.75 Å². The van der Waals surface area contributed by atoms with Crippen LogP contribution in [0.2, 0.25) is 0 Å². The molecule has 2 heterocycles. The van der Waals surface area contributed by atoms with E-state index < -0.39 is 168 Å². The quantitative estimate of drug-likeness (QED) is 0.260. The Hall–Kier alpha value is -6.81. The number of likely N-dealkylation sites (N-methyl/N-ethyl adjacent to an activating group) is 8. The summed E-state index contributed by atoms with van der Waals surface area (Å²) in [7, 11) is 12.9. The number of carbonyl (C=O) groups excluding carboxylic acids is 11. The zero-order valence-corrected chi connectivity index (χ0v) is 56.5. The zero-order chi connectivity index (χ0) is 66.6.